The van der Waals surface area contributed by atoms with Crippen molar-refractivity contribution in [3.8, 4) is 0 Å². The number of hydrogen-bond donors (Lipinski definition) is 2. The molecule has 0 saturated carbocycles. The zero-order chi connectivity index (χ0) is 10.2. The average Bonchev–Trinajstić information content (AvgIpc) is 2.05. The maximum atomic E-state index is 9.61. The molecule has 2 N–H and O–H groups in total. The lowest BCUT2D eigenvalue weighted by Gasteiger charge is -2.32. The van der Waals surface area contributed by atoms with Crippen LogP contribution in [0.5, 0.6) is 0 Å². The summed E-state index contributed by atoms with van der Waals surface area (Å²) in [4.78, 5) is 0. The van der Waals surface area contributed by atoms with Crippen molar-refractivity contribution in [3.05, 3.63) is 0 Å². The van der Waals surface area contributed by atoms with Crippen molar-refractivity contribution < 1.29 is 9.11 Å². The first-order valence-electron chi connectivity index (χ1n) is 5.36. The van der Waals surface area contributed by atoms with E-state index in [0.29, 0.717) is 11.5 Å². The molecule has 0 saturated heterocycles. The minimum Gasteiger partial charge on any atom is -0.299 e. The first-order chi connectivity index (χ1) is 6.12. The van der Waals surface area contributed by atoms with Crippen molar-refractivity contribution in [2.75, 3.05) is 11.5 Å². The SMILES string of the molecule is CCCCCS(O)(O)CCCCC. The van der Waals surface area contributed by atoms with Crippen molar-refractivity contribution >= 4 is 10.6 Å². The van der Waals surface area contributed by atoms with Gasteiger partial charge >= 0.3 is 0 Å². The summed E-state index contributed by atoms with van der Waals surface area (Å²) in [6, 6.07) is 0. The highest BCUT2D eigenvalue weighted by Crippen LogP contribution is 2.40. The molecule has 0 fully saturated rings. The molecule has 0 heterocycles. The molecule has 0 aliphatic heterocycles. The second-order valence-corrected chi connectivity index (χ2v) is 6.05. The molecule has 82 valence electrons. The van der Waals surface area contributed by atoms with Gasteiger partial charge in [-0.2, -0.15) is 10.6 Å². The van der Waals surface area contributed by atoms with Gasteiger partial charge in [0.1, 0.15) is 0 Å². The molecule has 0 aliphatic rings. The standard InChI is InChI=1S/C10H24O2S/c1-3-5-7-9-13(11,12)10-8-6-4-2/h11-12H,3-10H2,1-2H3. The van der Waals surface area contributed by atoms with E-state index in [9.17, 15) is 9.11 Å². The lowest BCUT2D eigenvalue weighted by atomic mass is 10.3. The summed E-state index contributed by atoms with van der Waals surface area (Å²) in [5.41, 5.74) is 0. The summed E-state index contributed by atoms with van der Waals surface area (Å²) in [6.45, 7) is 4.26. The molecule has 0 amide bonds. The average molecular weight is 208 g/mol. The molecule has 0 aromatic rings. The topological polar surface area (TPSA) is 40.5 Å². The Hall–Kier alpha value is 0.270. The third kappa shape index (κ3) is 8.60. The maximum Gasteiger partial charge on any atom is 0.0374 e. The first kappa shape index (κ1) is 13.3. The van der Waals surface area contributed by atoms with E-state index in [4.69, 9.17) is 0 Å². The van der Waals surface area contributed by atoms with E-state index in [-0.39, 0.29) is 0 Å². The van der Waals surface area contributed by atoms with Crippen LogP contribution in [0, 0.1) is 0 Å². The van der Waals surface area contributed by atoms with E-state index >= 15 is 0 Å². The Morgan fingerprint density at radius 1 is 0.769 bits per heavy atom. The van der Waals surface area contributed by atoms with Crippen LogP contribution in [0.25, 0.3) is 0 Å². The van der Waals surface area contributed by atoms with Crippen LogP contribution in [-0.4, -0.2) is 20.6 Å². The minimum atomic E-state index is -2.23. The Balaban J connectivity index is 3.42. The van der Waals surface area contributed by atoms with Crippen LogP contribution < -0.4 is 0 Å². The summed E-state index contributed by atoms with van der Waals surface area (Å²) in [7, 11) is -2.23. The molecule has 0 aromatic carbocycles. The Labute approximate surface area is 84.1 Å². The van der Waals surface area contributed by atoms with Crippen molar-refractivity contribution in [1.29, 1.82) is 0 Å². The molecule has 2 nitrogen and oxygen atoms in total. The van der Waals surface area contributed by atoms with Gasteiger partial charge in [-0.25, -0.2) is 0 Å². The number of unbranched alkanes of at least 4 members (excludes halogenated alkanes) is 4. The Kier molecular flexibility index (Phi) is 7.81. The van der Waals surface area contributed by atoms with Gasteiger partial charge in [-0.1, -0.05) is 39.5 Å². The van der Waals surface area contributed by atoms with Crippen molar-refractivity contribution in [1.82, 2.24) is 0 Å². The van der Waals surface area contributed by atoms with E-state index in [0.717, 1.165) is 38.5 Å². The summed E-state index contributed by atoms with van der Waals surface area (Å²) in [5, 5.41) is 0. The minimum absolute atomic E-state index is 0.616. The number of hydrogen-bond acceptors (Lipinski definition) is 2. The van der Waals surface area contributed by atoms with Gasteiger partial charge in [-0.3, -0.25) is 9.11 Å². The Bertz CT molecular complexity index is 103. The van der Waals surface area contributed by atoms with E-state index in [1.807, 2.05) is 0 Å². The fourth-order valence-electron chi connectivity index (χ4n) is 1.27. The van der Waals surface area contributed by atoms with Crippen LogP contribution in [0.15, 0.2) is 0 Å². The highest BCUT2D eigenvalue weighted by atomic mass is 32.3. The smallest absolute Gasteiger partial charge is 0.0374 e. The third-order valence-corrected chi connectivity index (χ3v) is 4.03. The predicted octanol–water partition coefficient (Wildman–Crippen LogP) is 4.12. The zero-order valence-electron chi connectivity index (χ0n) is 8.96. The molecule has 0 rings (SSSR count). The van der Waals surface area contributed by atoms with Crippen molar-refractivity contribution in [3.63, 3.8) is 0 Å². The molecule has 0 aliphatic carbocycles. The van der Waals surface area contributed by atoms with Gasteiger partial charge < -0.3 is 0 Å². The highest BCUT2D eigenvalue weighted by molar-refractivity contribution is 8.24. The molecular formula is C10H24O2S. The molecule has 13 heavy (non-hydrogen) atoms. The zero-order valence-corrected chi connectivity index (χ0v) is 9.78. The summed E-state index contributed by atoms with van der Waals surface area (Å²) in [5.74, 6) is 1.23. The second-order valence-electron chi connectivity index (χ2n) is 3.62. The van der Waals surface area contributed by atoms with Crippen LogP contribution >= 0.6 is 10.6 Å². The quantitative estimate of drug-likeness (QED) is 0.589. The van der Waals surface area contributed by atoms with Crippen LogP contribution in [0.3, 0.4) is 0 Å². The van der Waals surface area contributed by atoms with Crippen LogP contribution in [-0.2, 0) is 0 Å². The maximum absolute atomic E-state index is 9.61. The Morgan fingerprint density at radius 2 is 1.15 bits per heavy atom. The van der Waals surface area contributed by atoms with Gasteiger partial charge in [0.25, 0.3) is 0 Å². The lowest BCUT2D eigenvalue weighted by Crippen LogP contribution is -2.07. The van der Waals surface area contributed by atoms with Crippen molar-refractivity contribution in [2.24, 2.45) is 0 Å². The molecule has 0 radical (unpaired) electrons. The van der Waals surface area contributed by atoms with E-state index in [1.165, 1.54) is 0 Å². The van der Waals surface area contributed by atoms with Gasteiger partial charge in [0.2, 0.25) is 0 Å². The van der Waals surface area contributed by atoms with Gasteiger partial charge in [0.15, 0.2) is 0 Å². The third-order valence-electron chi connectivity index (χ3n) is 2.15. The molecule has 0 aromatic heterocycles. The normalized spacial score (nSPS) is 13.2. The first-order valence-corrected chi connectivity index (χ1v) is 7.24. The molecule has 3 heteroatoms. The van der Waals surface area contributed by atoms with Gasteiger partial charge in [-0.05, 0) is 12.8 Å². The van der Waals surface area contributed by atoms with Crippen LogP contribution in [0.4, 0.5) is 0 Å². The number of rotatable bonds is 8. The summed E-state index contributed by atoms with van der Waals surface area (Å²) in [6.07, 6.45) is 6.44. The van der Waals surface area contributed by atoms with E-state index in [1.54, 1.807) is 0 Å². The van der Waals surface area contributed by atoms with E-state index in [2.05, 4.69) is 13.8 Å². The van der Waals surface area contributed by atoms with Gasteiger partial charge in [-0.15, -0.1) is 0 Å². The summed E-state index contributed by atoms with van der Waals surface area (Å²) < 4.78 is 19.2. The molecular weight excluding hydrogens is 184 g/mol. The molecule has 0 atom stereocenters. The second kappa shape index (κ2) is 7.65. The fraction of sp³-hybridized carbons (Fsp3) is 1.00. The molecule has 0 spiro atoms. The fourth-order valence-corrected chi connectivity index (χ4v) is 2.81. The highest BCUT2D eigenvalue weighted by Gasteiger charge is 2.10. The van der Waals surface area contributed by atoms with Gasteiger partial charge in [0.05, 0.1) is 0 Å². The predicted molar refractivity (Wildman–Crippen MR) is 61.6 cm³/mol. The molecule has 0 bridgehead atoms. The Morgan fingerprint density at radius 3 is 1.46 bits per heavy atom. The van der Waals surface area contributed by atoms with Crippen LogP contribution in [0.2, 0.25) is 0 Å². The summed E-state index contributed by atoms with van der Waals surface area (Å²) >= 11 is 0. The largest absolute Gasteiger partial charge is 0.299 e. The monoisotopic (exact) mass is 208 g/mol. The van der Waals surface area contributed by atoms with E-state index < -0.39 is 10.6 Å². The van der Waals surface area contributed by atoms with Crippen LogP contribution in [0.1, 0.15) is 52.4 Å². The lowest BCUT2D eigenvalue weighted by molar-refractivity contribution is 0.479. The van der Waals surface area contributed by atoms with Crippen molar-refractivity contribution in [2.45, 2.75) is 52.4 Å². The molecule has 0 unspecified atom stereocenters. The van der Waals surface area contributed by atoms with Gasteiger partial charge in [0, 0.05) is 11.5 Å².